The molecule has 0 fully saturated rings. The minimum Gasteiger partial charge on any atom is -0.494 e. The van der Waals surface area contributed by atoms with Gasteiger partial charge in [-0.1, -0.05) is 25.5 Å². The van der Waals surface area contributed by atoms with Crippen molar-refractivity contribution in [1.29, 1.82) is 0 Å². The molecule has 0 heterocycles. The normalized spacial score (nSPS) is 14.0. The Bertz CT molecular complexity index is 920. The molecule has 4 nitrogen and oxygen atoms in total. The van der Waals surface area contributed by atoms with Crippen LogP contribution in [0.3, 0.4) is 0 Å². The van der Waals surface area contributed by atoms with E-state index in [1.807, 2.05) is 0 Å². The van der Waals surface area contributed by atoms with Crippen molar-refractivity contribution in [2.75, 3.05) is 13.2 Å². The highest BCUT2D eigenvalue weighted by molar-refractivity contribution is 8.45. The molecule has 2 N–H and O–H groups in total. The quantitative estimate of drug-likeness (QED) is 0.381. The first-order valence-corrected chi connectivity index (χ1v) is 10.0. The summed E-state index contributed by atoms with van der Waals surface area (Å²) in [6.45, 7) is -0.207. The molecule has 0 saturated carbocycles. The average Bonchev–Trinajstić information content (AvgIpc) is 2.57. The van der Waals surface area contributed by atoms with E-state index in [2.05, 4.69) is 0 Å². The number of nitrogens with two attached hydrogens (primary N) is 1. The molecule has 0 aliphatic heterocycles. The van der Waals surface area contributed by atoms with Crippen molar-refractivity contribution in [3.05, 3.63) is 53.6 Å². The Kier molecular flexibility index (Phi) is 5.72. The zero-order chi connectivity index (χ0) is 21.9. The number of rotatable bonds is 9. The average molecular weight is 447 g/mol. The molecule has 0 bridgehead atoms. The standard InChI is InChI=1S/C17H16F7NO3S/c18-13-6-7-14(16(19)15(13)17(25)26)28-9-2-1-8-27-11-4-3-5-12(10-11)29(20,21,22,23)24/h3-7,10H,1-2,8-9H2,(H2,25,26). The first-order chi connectivity index (χ1) is 13.2. The van der Waals surface area contributed by atoms with Crippen LogP contribution < -0.4 is 15.2 Å². The summed E-state index contributed by atoms with van der Waals surface area (Å²) in [4.78, 5) is 8.97. The Morgan fingerprint density at radius 1 is 0.931 bits per heavy atom. The smallest absolute Gasteiger partial charge is 0.310 e. The second kappa shape index (κ2) is 7.32. The number of amides is 1. The van der Waals surface area contributed by atoms with Gasteiger partial charge in [0, 0.05) is 6.07 Å². The molecule has 0 unspecified atom stereocenters. The van der Waals surface area contributed by atoms with Crippen LogP contribution in [0.2, 0.25) is 0 Å². The van der Waals surface area contributed by atoms with Gasteiger partial charge in [0.2, 0.25) is 0 Å². The van der Waals surface area contributed by atoms with Crippen LogP contribution in [0.4, 0.5) is 28.2 Å². The molecular weight excluding hydrogens is 431 g/mol. The zero-order valence-electron chi connectivity index (χ0n) is 14.6. The first-order valence-electron chi connectivity index (χ1n) is 8.06. The molecule has 29 heavy (non-hydrogen) atoms. The molecule has 2 aromatic rings. The summed E-state index contributed by atoms with van der Waals surface area (Å²) in [5, 5.41) is 0. The molecule has 1 amide bonds. The van der Waals surface area contributed by atoms with Gasteiger partial charge in [-0.2, -0.15) is 0 Å². The monoisotopic (exact) mass is 447 g/mol. The van der Waals surface area contributed by atoms with Crippen molar-refractivity contribution in [2.24, 2.45) is 5.73 Å². The number of carbonyl (C=O) groups excluding carboxylic acids is 1. The molecule has 0 saturated heterocycles. The zero-order valence-corrected chi connectivity index (χ0v) is 15.5. The maximum absolute atomic E-state index is 13.9. The molecule has 0 atom stereocenters. The van der Waals surface area contributed by atoms with E-state index in [1.54, 1.807) is 0 Å². The van der Waals surface area contributed by atoms with Crippen molar-refractivity contribution < 1.29 is 42.5 Å². The van der Waals surface area contributed by atoms with E-state index in [-0.39, 0.29) is 43.9 Å². The van der Waals surface area contributed by atoms with Gasteiger partial charge < -0.3 is 15.2 Å². The second-order valence-corrected chi connectivity index (χ2v) is 8.36. The van der Waals surface area contributed by atoms with Crippen LogP contribution in [0, 0.1) is 11.6 Å². The van der Waals surface area contributed by atoms with Gasteiger partial charge in [0.15, 0.2) is 11.6 Å². The molecule has 0 aliphatic rings. The number of hydrogen-bond acceptors (Lipinski definition) is 3. The number of ether oxygens (including phenoxy) is 2. The summed E-state index contributed by atoms with van der Waals surface area (Å²) in [7, 11) is -9.79. The lowest BCUT2D eigenvalue weighted by Gasteiger charge is -2.40. The van der Waals surface area contributed by atoms with E-state index in [0.29, 0.717) is 0 Å². The second-order valence-electron chi connectivity index (χ2n) is 5.95. The fraction of sp³-hybridized carbons (Fsp3) is 0.235. The van der Waals surface area contributed by atoms with Crippen molar-refractivity contribution in [3.8, 4) is 11.5 Å². The van der Waals surface area contributed by atoms with Crippen LogP contribution in [-0.4, -0.2) is 19.1 Å². The minimum absolute atomic E-state index is 0.0877. The number of hydrogen-bond donors (Lipinski definition) is 1. The molecule has 12 heteroatoms. The van der Waals surface area contributed by atoms with Crippen molar-refractivity contribution in [1.82, 2.24) is 0 Å². The predicted octanol–water partition coefficient (Wildman–Crippen LogP) is 5.96. The van der Waals surface area contributed by atoms with Gasteiger partial charge in [-0.25, -0.2) is 8.78 Å². The van der Waals surface area contributed by atoms with Crippen LogP contribution in [0.25, 0.3) is 0 Å². The summed E-state index contributed by atoms with van der Waals surface area (Å²) in [5.74, 6) is -4.46. The van der Waals surface area contributed by atoms with Gasteiger partial charge in [0.05, 0.1) is 13.2 Å². The summed E-state index contributed by atoms with van der Waals surface area (Å²) >= 11 is 0. The molecule has 2 rings (SSSR count). The summed E-state index contributed by atoms with van der Waals surface area (Å²) < 4.78 is 101. The summed E-state index contributed by atoms with van der Waals surface area (Å²) in [6.07, 6.45) is 0.468. The third-order valence-electron chi connectivity index (χ3n) is 3.62. The number of halogens is 7. The van der Waals surface area contributed by atoms with Crippen LogP contribution in [0.15, 0.2) is 41.3 Å². The predicted molar refractivity (Wildman–Crippen MR) is 92.9 cm³/mol. The lowest BCUT2D eigenvalue weighted by atomic mass is 10.1. The van der Waals surface area contributed by atoms with Crippen LogP contribution in [0.5, 0.6) is 11.5 Å². The van der Waals surface area contributed by atoms with Gasteiger partial charge >= 0.3 is 10.2 Å². The van der Waals surface area contributed by atoms with Gasteiger partial charge in [-0.05, 0) is 37.1 Å². The minimum atomic E-state index is -9.79. The Labute approximate surface area is 161 Å². The molecule has 0 aliphatic carbocycles. The molecule has 162 valence electrons. The number of unbranched alkanes of at least 4 members (excludes halogenated alkanes) is 1. The molecular formula is C17H16F7NO3S. The van der Waals surface area contributed by atoms with E-state index in [1.165, 1.54) is 0 Å². The lowest BCUT2D eigenvalue weighted by molar-refractivity contribution is 0.0991. The van der Waals surface area contributed by atoms with Gasteiger partial charge in [-0.15, -0.1) is 0 Å². The number of carbonyl (C=O) groups is 1. The van der Waals surface area contributed by atoms with Crippen molar-refractivity contribution >= 4 is 16.1 Å². The van der Waals surface area contributed by atoms with Gasteiger partial charge in [0.25, 0.3) is 5.91 Å². The van der Waals surface area contributed by atoms with E-state index < -0.39 is 44.0 Å². The third-order valence-corrected chi connectivity index (χ3v) is 4.76. The topological polar surface area (TPSA) is 61.6 Å². The number of primary amides is 1. The molecule has 0 spiro atoms. The third kappa shape index (κ3) is 6.17. The van der Waals surface area contributed by atoms with E-state index in [0.717, 1.165) is 24.3 Å². The highest BCUT2D eigenvalue weighted by atomic mass is 32.5. The summed E-state index contributed by atoms with van der Waals surface area (Å²) in [6, 6.07) is 4.17. The SMILES string of the molecule is NC(=O)c1c(F)ccc(OCCCCOc2cccc(S(F)(F)(F)(F)F)c2)c1F. The Morgan fingerprint density at radius 3 is 2.14 bits per heavy atom. The fourth-order valence-corrected chi connectivity index (χ4v) is 2.93. The lowest BCUT2D eigenvalue weighted by Crippen LogP contribution is -2.16. The van der Waals surface area contributed by atoms with Crippen molar-refractivity contribution in [2.45, 2.75) is 17.7 Å². The van der Waals surface area contributed by atoms with Gasteiger partial charge in [-0.3, -0.25) is 4.79 Å². The highest BCUT2D eigenvalue weighted by Crippen LogP contribution is 3.02. The highest BCUT2D eigenvalue weighted by Gasteiger charge is 2.65. The molecule has 0 aromatic heterocycles. The maximum Gasteiger partial charge on any atom is 0.310 e. The van der Waals surface area contributed by atoms with Crippen LogP contribution in [0.1, 0.15) is 23.2 Å². The van der Waals surface area contributed by atoms with Crippen molar-refractivity contribution in [3.63, 3.8) is 0 Å². The van der Waals surface area contributed by atoms with Crippen LogP contribution in [-0.2, 0) is 0 Å². The van der Waals surface area contributed by atoms with Crippen LogP contribution >= 0.6 is 10.2 Å². The first kappa shape index (κ1) is 22.7. The Hall–Kier alpha value is -2.63. The Morgan fingerprint density at radius 2 is 1.55 bits per heavy atom. The molecule has 0 radical (unpaired) electrons. The fourth-order valence-electron chi connectivity index (χ4n) is 2.25. The van der Waals surface area contributed by atoms with E-state index in [4.69, 9.17) is 15.2 Å². The van der Waals surface area contributed by atoms with E-state index in [9.17, 15) is 33.0 Å². The maximum atomic E-state index is 13.9. The number of benzene rings is 2. The van der Waals surface area contributed by atoms with Gasteiger partial charge in [0.1, 0.15) is 22.0 Å². The largest absolute Gasteiger partial charge is 0.494 e. The summed E-state index contributed by atoms with van der Waals surface area (Å²) in [5.41, 5.74) is 3.95. The Balaban J connectivity index is 1.85. The molecule has 2 aromatic carbocycles. The van der Waals surface area contributed by atoms with E-state index >= 15 is 0 Å².